The summed E-state index contributed by atoms with van der Waals surface area (Å²) in [6.45, 7) is 2.12. The molecule has 0 aromatic heterocycles. The molecule has 1 aromatic carbocycles. The second kappa shape index (κ2) is 5.39. The first-order chi connectivity index (χ1) is 8.61. The molecule has 0 saturated carbocycles. The van der Waals surface area contributed by atoms with Gasteiger partial charge in [-0.3, -0.25) is 13.8 Å². The Hall–Kier alpha value is -1.56. The lowest BCUT2D eigenvalue weighted by molar-refractivity contribution is -0.117. The van der Waals surface area contributed by atoms with E-state index in [-0.39, 0.29) is 18.2 Å². The predicted octanol–water partition coefficient (Wildman–Crippen LogP) is 1.25. The molecule has 0 spiro atoms. The summed E-state index contributed by atoms with van der Waals surface area (Å²) in [5, 5.41) is 9.81. The molecule has 0 radical (unpaired) electrons. The highest BCUT2D eigenvalue weighted by Crippen LogP contribution is 2.30. The van der Waals surface area contributed by atoms with Gasteiger partial charge in [-0.2, -0.15) is 0 Å². The number of phenols is 1. The molecular formula is C12H16N2O3S. The molecule has 1 unspecified atom stereocenters. The maximum atomic E-state index is 11.7. The number of carbonyl (C=O) groups excluding carboxylic acids is 1. The summed E-state index contributed by atoms with van der Waals surface area (Å²) in [7, 11) is 0. The standard InChI is InChI=1S/C12H16N2O3S/c1-2-3-4-9-5-6-11(15)10(7-9)14-8-12(16)13-18(14)17/h5-7,15H,2-4,8H2,1H3,(H,13,16). The number of unbranched alkanes of at least 4 members (excludes halogenated alkanes) is 1. The lowest BCUT2D eigenvalue weighted by Crippen LogP contribution is -2.22. The van der Waals surface area contributed by atoms with Crippen molar-refractivity contribution in [3.05, 3.63) is 23.8 Å². The third kappa shape index (κ3) is 2.64. The van der Waals surface area contributed by atoms with Gasteiger partial charge < -0.3 is 5.11 Å². The summed E-state index contributed by atoms with van der Waals surface area (Å²) in [4.78, 5) is 11.2. The van der Waals surface area contributed by atoms with Crippen LogP contribution in [0, 0.1) is 0 Å². The third-order valence-corrected chi connectivity index (χ3v) is 3.94. The van der Waals surface area contributed by atoms with Gasteiger partial charge in [0.1, 0.15) is 12.3 Å². The number of aromatic hydroxyl groups is 1. The van der Waals surface area contributed by atoms with Crippen LogP contribution < -0.4 is 9.03 Å². The average Bonchev–Trinajstić information content (AvgIpc) is 2.67. The number of hydrogen-bond acceptors (Lipinski definition) is 3. The molecule has 6 heteroatoms. The summed E-state index contributed by atoms with van der Waals surface area (Å²) in [6, 6.07) is 5.23. The van der Waals surface area contributed by atoms with Crippen LogP contribution in [0.4, 0.5) is 5.69 Å². The van der Waals surface area contributed by atoms with Crippen molar-refractivity contribution in [2.24, 2.45) is 0 Å². The monoisotopic (exact) mass is 268 g/mol. The zero-order chi connectivity index (χ0) is 13.1. The minimum atomic E-state index is -1.59. The number of nitrogens with one attached hydrogen (secondary N) is 1. The number of amides is 1. The van der Waals surface area contributed by atoms with E-state index in [9.17, 15) is 14.1 Å². The number of nitrogens with zero attached hydrogens (tertiary/aromatic N) is 1. The maximum absolute atomic E-state index is 11.7. The second-order valence-corrected chi connectivity index (χ2v) is 5.38. The van der Waals surface area contributed by atoms with Gasteiger partial charge in [0.15, 0.2) is 0 Å². The predicted molar refractivity (Wildman–Crippen MR) is 70.3 cm³/mol. The Morgan fingerprint density at radius 1 is 1.50 bits per heavy atom. The van der Waals surface area contributed by atoms with Crippen LogP contribution in [0.25, 0.3) is 0 Å². The fourth-order valence-corrected chi connectivity index (χ4v) is 2.78. The lowest BCUT2D eigenvalue weighted by atomic mass is 10.1. The Morgan fingerprint density at radius 3 is 2.89 bits per heavy atom. The molecule has 2 N–H and O–H groups in total. The van der Waals surface area contributed by atoms with E-state index in [1.165, 1.54) is 4.31 Å². The quantitative estimate of drug-likeness (QED) is 0.863. The van der Waals surface area contributed by atoms with Crippen LogP contribution in [-0.4, -0.2) is 21.8 Å². The molecule has 1 heterocycles. The van der Waals surface area contributed by atoms with Crippen LogP contribution >= 0.6 is 0 Å². The van der Waals surface area contributed by atoms with E-state index in [0.29, 0.717) is 5.69 Å². The van der Waals surface area contributed by atoms with E-state index in [2.05, 4.69) is 11.6 Å². The average molecular weight is 268 g/mol. The smallest absolute Gasteiger partial charge is 0.253 e. The number of anilines is 1. The zero-order valence-electron chi connectivity index (χ0n) is 10.2. The van der Waals surface area contributed by atoms with Gasteiger partial charge in [-0.1, -0.05) is 19.4 Å². The minimum absolute atomic E-state index is 0.0113. The van der Waals surface area contributed by atoms with E-state index in [1.54, 1.807) is 12.1 Å². The van der Waals surface area contributed by atoms with Crippen LogP contribution in [0.15, 0.2) is 18.2 Å². The van der Waals surface area contributed by atoms with E-state index < -0.39 is 11.2 Å². The van der Waals surface area contributed by atoms with Gasteiger partial charge in [-0.05, 0) is 30.5 Å². The Kier molecular flexibility index (Phi) is 3.86. The fourth-order valence-electron chi connectivity index (χ4n) is 1.85. The van der Waals surface area contributed by atoms with Crippen molar-refractivity contribution in [3.63, 3.8) is 0 Å². The van der Waals surface area contributed by atoms with Gasteiger partial charge in [-0.25, -0.2) is 4.21 Å². The molecule has 0 aliphatic carbocycles. The Morgan fingerprint density at radius 2 is 2.28 bits per heavy atom. The molecule has 2 rings (SSSR count). The van der Waals surface area contributed by atoms with E-state index >= 15 is 0 Å². The van der Waals surface area contributed by atoms with Gasteiger partial charge in [0.05, 0.1) is 5.69 Å². The molecule has 5 nitrogen and oxygen atoms in total. The first-order valence-corrected chi connectivity index (χ1v) is 7.03. The SMILES string of the molecule is CCCCc1ccc(O)c(N2CC(=O)NS2=O)c1. The van der Waals surface area contributed by atoms with Crippen LogP contribution in [0.3, 0.4) is 0 Å². The molecule has 1 aliphatic heterocycles. The molecule has 18 heavy (non-hydrogen) atoms. The summed E-state index contributed by atoms with van der Waals surface area (Å²) in [5.41, 5.74) is 1.52. The highest BCUT2D eigenvalue weighted by molar-refractivity contribution is 7.85. The molecule has 1 amide bonds. The fraction of sp³-hybridized carbons (Fsp3) is 0.417. The van der Waals surface area contributed by atoms with E-state index in [4.69, 9.17) is 0 Å². The molecule has 1 aromatic rings. The summed E-state index contributed by atoms with van der Waals surface area (Å²) >= 11 is -1.59. The topological polar surface area (TPSA) is 69.6 Å². The first kappa shape index (κ1) is 12.9. The van der Waals surface area contributed by atoms with Crippen LogP contribution in [0.1, 0.15) is 25.3 Å². The number of benzene rings is 1. The van der Waals surface area contributed by atoms with Crippen molar-refractivity contribution in [1.82, 2.24) is 4.72 Å². The first-order valence-electron chi connectivity index (χ1n) is 5.92. The molecule has 98 valence electrons. The maximum Gasteiger partial charge on any atom is 0.253 e. The molecule has 1 atom stereocenters. The van der Waals surface area contributed by atoms with E-state index in [0.717, 1.165) is 24.8 Å². The lowest BCUT2D eigenvalue weighted by Gasteiger charge is -2.16. The van der Waals surface area contributed by atoms with Crippen LogP contribution in [0.2, 0.25) is 0 Å². The van der Waals surface area contributed by atoms with Gasteiger partial charge in [0.25, 0.3) is 5.91 Å². The summed E-state index contributed by atoms with van der Waals surface area (Å²) < 4.78 is 15.3. The van der Waals surface area contributed by atoms with Crippen LogP contribution in [-0.2, 0) is 22.4 Å². The normalized spacial score (nSPS) is 19.1. The van der Waals surface area contributed by atoms with Crippen molar-refractivity contribution in [2.75, 3.05) is 10.8 Å². The number of rotatable bonds is 4. The Labute approximate surface area is 109 Å². The van der Waals surface area contributed by atoms with Crippen molar-refractivity contribution in [3.8, 4) is 5.75 Å². The molecule has 1 fully saturated rings. The number of carbonyl (C=O) groups is 1. The van der Waals surface area contributed by atoms with Crippen LogP contribution in [0.5, 0.6) is 5.75 Å². The van der Waals surface area contributed by atoms with Gasteiger partial charge in [-0.15, -0.1) is 0 Å². The molecule has 1 saturated heterocycles. The molecular weight excluding hydrogens is 252 g/mol. The number of aryl methyl sites for hydroxylation is 1. The highest BCUT2D eigenvalue weighted by atomic mass is 32.2. The number of phenolic OH excluding ortho intramolecular Hbond substituents is 1. The Bertz CT molecular complexity index is 490. The van der Waals surface area contributed by atoms with E-state index in [1.807, 2.05) is 6.07 Å². The largest absolute Gasteiger partial charge is 0.506 e. The molecule has 1 aliphatic rings. The highest BCUT2D eigenvalue weighted by Gasteiger charge is 2.28. The van der Waals surface area contributed by atoms with Gasteiger partial charge in [0, 0.05) is 0 Å². The second-order valence-electron chi connectivity index (χ2n) is 4.24. The van der Waals surface area contributed by atoms with Crippen molar-refractivity contribution in [2.45, 2.75) is 26.2 Å². The number of hydrogen-bond donors (Lipinski definition) is 2. The van der Waals surface area contributed by atoms with Gasteiger partial charge >= 0.3 is 0 Å². The zero-order valence-corrected chi connectivity index (χ0v) is 11.0. The summed E-state index contributed by atoms with van der Waals surface area (Å²) in [5.74, 6) is -0.258. The molecule has 0 bridgehead atoms. The Balaban J connectivity index is 2.26. The van der Waals surface area contributed by atoms with Crippen molar-refractivity contribution < 1.29 is 14.1 Å². The van der Waals surface area contributed by atoms with Crippen molar-refractivity contribution >= 4 is 22.8 Å². The third-order valence-electron chi connectivity index (χ3n) is 2.82. The minimum Gasteiger partial charge on any atom is -0.506 e. The summed E-state index contributed by atoms with van der Waals surface area (Å²) in [6.07, 6.45) is 3.06. The van der Waals surface area contributed by atoms with Gasteiger partial charge in [0.2, 0.25) is 11.2 Å². The van der Waals surface area contributed by atoms with Crippen molar-refractivity contribution in [1.29, 1.82) is 0 Å².